The summed E-state index contributed by atoms with van der Waals surface area (Å²) < 4.78 is 34.3. The minimum Gasteiger partial charge on any atom is -0.494 e. The first kappa shape index (κ1) is 24.9. The summed E-state index contributed by atoms with van der Waals surface area (Å²) in [6.07, 6.45) is 0. The highest BCUT2D eigenvalue weighted by Crippen LogP contribution is 2.22. The van der Waals surface area contributed by atoms with Gasteiger partial charge in [0.05, 0.1) is 16.9 Å². The molecule has 0 spiro atoms. The number of fused-ring (bicyclic) bond motifs is 1. The Kier molecular flexibility index (Phi) is 7.23. The van der Waals surface area contributed by atoms with Gasteiger partial charge in [0, 0.05) is 38.1 Å². The fourth-order valence-electron chi connectivity index (χ4n) is 4.17. The average Bonchev–Trinajstić information content (AvgIpc) is 2.86. The molecule has 1 aliphatic rings. The Labute approximate surface area is 205 Å². The zero-order valence-corrected chi connectivity index (χ0v) is 21.0. The number of nitrogens with zero attached hydrogens (tertiary/aromatic N) is 4. The molecule has 4 rings (SSSR count). The molecule has 0 bridgehead atoms. The van der Waals surface area contributed by atoms with Crippen molar-refractivity contribution in [3.05, 3.63) is 64.6 Å². The van der Waals surface area contributed by atoms with Crippen LogP contribution in [0.4, 0.5) is 0 Å². The van der Waals surface area contributed by atoms with Gasteiger partial charge in [-0.2, -0.15) is 9.40 Å². The van der Waals surface area contributed by atoms with Gasteiger partial charge in [0.25, 0.3) is 11.5 Å². The maximum Gasteiger partial charge on any atom is 0.275 e. The van der Waals surface area contributed by atoms with Crippen LogP contribution in [0.5, 0.6) is 5.75 Å². The Hall–Kier alpha value is -3.24. The Morgan fingerprint density at radius 3 is 2.23 bits per heavy atom. The van der Waals surface area contributed by atoms with Crippen LogP contribution in [0.2, 0.25) is 0 Å². The number of amides is 1. The van der Waals surface area contributed by atoms with Gasteiger partial charge in [-0.1, -0.05) is 32.0 Å². The molecule has 2 heterocycles. The SMILES string of the molecule is CCOc1ccc(S(=O)(=O)N2CCN(C(=O)c3nn(CC(C)C)c(=O)c4ccccc34)CC2)cc1. The molecule has 35 heavy (non-hydrogen) atoms. The van der Waals surface area contributed by atoms with Crippen molar-refractivity contribution in [1.29, 1.82) is 0 Å². The highest BCUT2D eigenvalue weighted by atomic mass is 32.2. The maximum atomic E-state index is 13.5. The van der Waals surface area contributed by atoms with Crippen molar-refractivity contribution in [2.24, 2.45) is 5.92 Å². The Balaban J connectivity index is 1.54. The van der Waals surface area contributed by atoms with Crippen LogP contribution in [-0.2, 0) is 16.6 Å². The van der Waals surface area contributed by atoms with Gasteiger partial charge in [0.15, 0.2) is 5.69 Å². The predicted molar refractivity (Wildman–Crippen MR) is 133 cm³/mol. The highest BCUT2D eigenvalue weighted by Gasteiger charge is 2.32. The monoisotopic (exact) mass is 498 g/mol. The summed E-state index contributed by atoms with van der Waals surface area (Å²) in [5.74, 6) is 0.484. The van der Waals surface area contributed by atoms with E-state index in [1.54, 1.807) is 41.3 Å². The Morgan fingerprint density at radius 1 is 1.00 bits per heavy atom. The summed E-state index contributed by atoms with van der Waals surface area (Å²) in [7, 11) is -3.69. The van der Waals surface area contributed by atoms with Gasteiger partial charge >= 0.3 is 0 Å². The Morgan fingerprint density at radius 2 is 1.63 bits per heavy atom. The molecule has 1 aliphatic heterocycles. The molecule has 1 amide bonds. The number of benzene rings is 2. The molecule has 0 atom stereocenters. The topological polar surface area (TPSA) is 102 Å². The van der Waals surface area contributed by atoms with Crippen LogP contribution >= 0.6 is 0 Å². The lowest BCUT2D eigenvalue weighted by Gasteiger charge is -2.34. The van der Waals surface area contributed by atoms with Crippen molar-refractivity contribution in [3.63, 3.8) is 0 Å². The second kappa shape index (κ2) is 10.2. The van der Waals surface area contributed by atoms with Gasteiger partial charge < -0.3 is 9.64 Å². The van der Waals surface area contributed by atoms with E-state index in [0.717, 1.165) is 0 Å². The first-order valence-corrected chi connectivity index (χ1v) is 13.2. The molecule has 9 nitrogen and oxygen atoms in total. The first-order chi connectivity index (χ1) is 16.7. The van der Waals surface area contributed by atoms with Gasteiger partial charge in [-0.25, -0.2) is 13.1 Å². The van der Waals surface area contributed by atoms with Crippen molar-refractivity contribution >= 4 is 26.7 Å². The molecular weight excluding hydrogens is 468 g/mol. The summed E-state index contributed by atoms with van der Waals surface area (Å²) in [5, 5.41) is 5.38. The molecule has 1 aromatic heterocycles. The quantitative estimate of drug-likeness (QED) is 0.496. The summed E-state index contributed by atoms with van der Waals surface area (Å²) in [5.41, 5.74) is -0.0132. The fourth-order valence-corrected chi connectivity index (χ4v) is 5.59. The van der Waals surface area contributed by atoms with Crippen molar-refractivity contribution in [3.8, 4) is 5.75 Å². The number of carbonyl (C=O) groups excluding carboxylic acids is 1. The molecule has 1 saturated heterocycles. The second-order valence-corrected chi connectivity index (χ2v) is 10.8. The normalized spacial score (nSPS) is 15.0. The standard InChI is InChI=1S/C25H30N4O5S/c1-4-34-19-9-11-20(12-10-19)35(32,33)28-15-13-27(14-16-28)25(31)23-21-7-5-6-8-22(21)24(30)29(26-23)17-18(2)3/h5-12,18H,4,13-17H2,1-3H3. The van der Waals surface area contributed by atoms with Crippen LogP contribution in [0.1, 0.15) is 31.3 Å². The fraction of sp³-hybridized carbons (Fsp3) is 0.400. The highest BCUT2D eigenvalue weighted by molar-refractivity contribution is 7.89. The summed E-state index contributed by atoms with van der Waals surface area (Å²) >= 11 is 0. The molecule has 0 radical (unpaired) electrons. The number of rotatable bonds is 7. The molecular formula is C25H30N4O5S. The number of hydrogen-bond donors (Lipinski definition) is 0. The molecule has 10 heteroatoms. The van der Waals surface area contributed by atoms with Crippen LogP contribution in [0.15, 0.2) is 58.2 Å². The van der Waals surface area contributed by atoms with Gasteiger partial charge in [0.2, 0.25) is 10.0 Å². The summed E-state index contributed by atoms with van der Waals surface area (Å²) in [6, 6.07) is 13.3. The van der Waals surface area contributed by atoms with Crippen molar-refractivity contribution in [2.75, 3.05) is 32.8 Å². The minimum atomic E-state index is -3.69. The van der Waals surface area contributed by atoms with Gasteiger partial charge in [-0.15, -0.1) is 0 Å². The largest absolute Gasteiger partial charge is 0.494 e. The molecule has 1 fully saturated rings. The van der Waals surface area contributed by atoms with Crippen LogP contribution < -0.4 is 10.3 Å². The van der Waals surface area contributed by atoms with E-state index in [1.807, 2.05) is 20.8 Å². The number of sulfonamides is 1. The molecule has 0 unspecified atom stereocenters. The number of carbonyl (C=O) groups is 1. The lowest BCUT2D eigenvalue weighted by Crippen LogP contribution is -2.50. The Bertz CT molecular complexity index is 1380. The van der Waals surface area contributed by atoms with Crippen molar-refractivity contribution in [2.45, 2.75) is 32.2 Å². The van der Waals surface area contributed by atoms with Gasteiger partial charge in [0.1, 0.15) is 5.75 Å². The van der Waals surface area contributed by atoms with Crippen molar-refractivity contribution in [1.82, 2.24) is 19.0 Å². The van der Waals surface area contributed by atoms with E-state index in [4.69, 9.17) is 4.74 Å². The number of aromatic nitrogens is 2. The third kappa shape index (κ3) is 5.08. The van der Waals surface area contributed by atoms with E-state index in [9.17, 15) is 18.0 Å². The molecule has 0 N–H and O–H groups in total. The lowest BCUT2D eigenvalue weighted by atomic mass is 10.1. The lowest BCUT2D eigenvalue weighted by molar-refractivity contribution is 0.0691. The summed E-state index contributed by atoms with van der Waals surface area (Å²) in [4.78, 5) is 28.1. The summed E-state index contributed by atoms with van der Waals surface area (Å²) in [6.45, 7) is 7.53. The third-order valence-electron chi connectivity index (χ3n) is 5.91. The number of hydrogen-bond acceptors (Lipinski definition) is 6. The predicted octanol–water partition coefficient (Wildman–Crippen LogP) is 2.60. The van der Waals surface area contributed by atoms with Crippen LogP contribution in [0.25, 0.3) is 10.8 Å². The van der Waals surface area contributed by atoms with Gasteiger partial charge in [-0.05, 0) is 43.2 Å². The van der Waals surface area contributed by atoms with E-state index in [0.29, 0.717) is 29.7 Å². The molecule has 0 saturated carbocycles. The third-order valence-corrected chi connectivity index (χ3v) is 7.82. The maximum absolute atomic E-state index is 13.5. The van der Waals surface area contributed by atoms with Crippen LogP contribution in [-0.4, -0.2) is 66.1 Å². The van der Waals surface area contributed by atoms with Crippen molar-refractivity contribution < 1.29 is 17.9 Å². The van der Waals surface area contributed by atoms with Gasteiger partial charge in [-0.3, -0.25) is 9.59 Å². The van der Waals surface area contributed by atoms with E-state index in [1.165, 1.54) is 21.1 Å². The second-order valence-electron chi connectivity index (χ2n) is 8.88. The number of piperazine rings is 1. The average molecular weight is 499 g/mol. The molecule has 3 aromatic rings. The van der Waals surface area contributed by atoms with E-state index in [2.05, 4.69) is 5.10 Å². The zero-order chi connectivity index (χ0) is 25.2. The number of ether oxygens (including phenoxy) is 1. The zero-order valence-electron chi connectivity index (χ0n) is 20.2. The molecule has 2 aromatic carbocycles. The smallest absolute Gasteiger partial charge is 0.275 e. The van der Waals surface area contributed by atoms with E-state index < -0.39 is 10.0 Å². The van der Waals surface area contributed by atoms with Crippen LogP contribution in [0.3, 0.4) is 0 Å². The van der Waals surface area contributed by atoms with Crippen LogP contribution in [0, 0.1) is 5.92 Å². The minimum absolute atomic E-state index is 0.171. The first-order valence-electron chi connectivity index (χ1n) is 11.7. The van der Waals surface area contributed by atoms with E-state index in [-0.39, 0.29) is 54.2 Å². The molecule has 0 aliphatic carbocycles. The van der Waals surface area contributed by atoms with E-state index >= 15 is 0 Å². The molecule has 186 valence electrons.